The van der Waals surface area contributed by atoms with Gasteiger partial charge >= 0.3 is 6.09 Å². The van der Waals surface area contributed by atoms with Gasteiger partial charge in [-0.15, -0.1) is 0 Å². The van der Waals surface area contributed by atoms with Crippen LogP contribution >= 0.6 is 0 Å². The van der Waals surface area contributed by atoms with Gasteiger partial charge in [-0.05, 0) is 38.8 Å². The van der Waals surface area contributed by atoms with Crippen LogP contribution in [-0.4, -0.2) is 52.6 Å². The molecule has 0 atom stereocenters. The Morgan fingerprint density at radius 3 is 2.84 bits per heavy atom. The van der Waals surface area contributed by atoms with Gasteiger partial charge in [-0.25, -0.2) is 4.79 Å². The van der Waals surface area contributed by atoms with Crippen molar-refractivity contribution in [2.75, 3.05) is 19.7 Å². The van der Waals surface area contributed by atoms with E-state index in [4.69, 9.17) is 4.74 Å². The number of piperidine rings is 1. The van der Waals surface area contributed by atoms with Crippen LogP contribution in [0.25, 0.3) is 10.9 Å². The number of pyridine rings is 2. The second-order valence-electron chi connectivity index (χ2n) is 6.12. The van der Waals surface area contributed by atoms with Crippen molar-refractivity contribution in [3.63, 3.8) is 0 Å². The lowest BCUT2D eigenvalue weighted by atomic mass is 10.0. The molecule has 3 heterocycles. The van der Waals surface area contributed by atoms with Gasteiger partial charge < -0.3 is 15.0 Å². The minimum Gasteiger partial charge on any atom is -0.450 e. The van der Waals surface area contributed by atoms with Crippen LogP contribution in [0.3, 0.4) is 0 Å². The van der Waals surface area contributed by atoms with Crippen LogP contribution in [0.4, 0.5) is 4.79 Å². The van der Waals surface area contributed by atoms with Gasteiger partial charge in [0, 0.05) is 36.9 Å². The molecule has 1 fully saturated rings. The molecular weight excluding hydrogens is 320 g/mol. The lowest BCUT2D eigenvalue weighted by Gasteiger charge is -2.31. The molecule has 3 rings (SSSR count). The minimum atomic E-state index is -0.283. The van der Waals surface area contributed by atoms with E-state index in [9.17, 15) is 9.59 Å². The number of aromatic nitrogens is 2. The summed E-state index contributed by atoms with van der Waals surface area (Å²) in [5.41, 5.74) is 2.08. The Hall–Kier alpha value is -2.70. The number of hydrogen-bond donors (Lipinski definition) is 1. The van der Waals surface area contributed by atoms with E-state index in [1.165, 1.54) is 0 Å². The predicted molar refractivity (Wildman–Crippen MR) is 93.4 cm³/mol. The van der Waals surface area contributed by atoms with Crippen molar-refractivity contribution in [2.24, 2.45) is 0 Å². The Labute approximate surface area is 146 Å². The standard InChI is InChI=1S/C18H22N4O3/c1-3-25-18(24)22-8-5-14(6-9-22)21-17(23)15-10-13-11-19-7-4-16(13)20-12(15)2/h4,7,10-11,14H,3,5-6,8-9H2,1-2H3,(H,21,23). The third kappa shape index (κ3) is 3.87. The molecule has 0 unspecified atom stereocenters. The number of ether oxygens (including phenoxy) is 1. The Kier molecular flexibility index (Phi) is 5.11. The van der Waals surface area contributed by atoms with Crippen LogP contribution in [0.15, 0.2) is 24.5 Å². The fourth-order valence-electron chi connectivity index (χ4n) is 3.03. The van der Waals surface area contributed by atoms with E-state index in [2.05, 4.69) is 15.3 Å². The highest BCUT2D eigenvalue weighted by Gasteiger charge is 2.25. The third-order valence-electron chi connectivity index (χ3n) is 4.41. The number of carbonyl (C=O) groups excluding carboxylic acids is 2. The molecule has 0 saturated carbocycles. The van der Waals surface area contributed by atoms with E-state index in [0.29, 0.717) is 43.8 Å². The van der Waals surface area contributed by atoms with E-state index in [1.807, 2.05) is 19.1 Å². The summed E-state index contributed by atoms with van der Waals surface area (Å²) in [4.78, 5) is 34.6. The molecule has 0 spiro atoms. The molecule has 0 aliphatic carbocycles. The number of amides is 2. The Morgan fingerprint density at radius 1 is 1.36 bits per heavy atom. The molecule has 0 aromatic carbocycles. The predicted octanol–water partition coefficient (Wildman–Crippen LogP) is 2.29. The number of carbonyl (C=O) groups is 2. The lowest BCUT2D eigenvalue weighted by Crippen LogP contribution is -2.46. The first kappa shape index (κ1) is 17.1. The summed E-state index contributed by atoms with van der Waals surface area (Å²) in [5, 5.41) is 3.90. The van der Waals surface area contributed by atoms with Gasteiger partial charge in [0.1, 0.15) is 0 Å². The Morgan fingerprint density at radius 2 is 2.12 bits per heavy atom. The number of hydrogen-bond acceptors (Lipinski definition) is 5. The number of rotatable bonds is 3. The molecule has 1 aliphatic rings. The van der Waals surface area contributed by atoms with E-state index >= 15 is 0 Å². The fraction of sp³-hybridized carbons (Fsp3) is 0.444. The first-order chi connectivity index (χ1) is 12.1. The molecule has 2 aromatic heterocycles. The fourth-order valence-corrected chi connectivity index (χ4v) is 3.03. The molecule has 2 aromatic rings. The average Bonchev–Trinajstić information content (AvgIpc) is 2.62. The van der Waals surface area contributed by atoms with E-state index < -0.39 is 0 Å². The van der Waals surface area contributed by atoms with Crippen molar-refractivity contribution in [1.29, 1.82) is 0 Å². The van der Waals surface area contributed by atoms with Crippen molar-refractivity contribution in [2.45, 2.75) is 32.7 Å². The smallest absolute Gasteiger partial charge is 0.409 e. The van der Waals surface area contributed by atoms with Crippen LogP contribution in [0.1, 0.15) is 35.8 Å². The maximum Gasteiger partial charge on any atom is 0.409 e. The van der Waals surface area contributed by atoms with Gasteiger partial charge in [-0.3, -0.25) is 14.8 Å². The number of fused-ring (bicyclic) bond motifs is 1. The molecule has 1 N–H and O–H groups in total. The topological polar surface area (TPSA) is 84.4 Å². The molecule has 0 radical (unpaired) electrons. The monoisotopic (exact) mass is 342 g/mol. The summed E-state index contributed by atoms with van der Waals surface area (Å²) in [6.45, 7) is 5.17. The first-order valence-corrected chi connectivity index (χ1v) is 8.52. The maximum absolute atomic E-state index is 12.6. The number of nitrogens with one attached hydrogen (secondary N) is 1. The van der Waals surface area contributed by atoms with Crippen LogP contribution in [0.2, 0.25) is 0 Å². The van der Waals surface area contributed by atoms with Gasteiger partial charge in [0.25, 0.3) is 5.91 Å². The van der Waals surface area contributed by atoms with Gasteiger partial charge in [-0.2, -0.15) is 0 Å². The summed E-state index contributed by atoms with van der Waals surface area (Å²) in [5.74, 6) is -0.134. The third-order valence-corrected chi connectivity index (χ3v) is 4.41. The largest absolute Gasteiger partial charge is 0.450 e. The second kappa shape index (κ2) is 7.46. The molecule has 132 valence electrons. The zero-order chi connectivity index (χ0) is 17.8. The number of likely N-dealkylation sites (tertiary alicyclic amines) is 1. The normalized spacial score (nSPS) is 15.2. The highest BCUT2D eigenvalue weighted by atomic mass is 16.6. The van der Waals surface area contributed by atoms with Crippen molar-refractivity contribution in [3.8, 4) is 0 Å². The molecule has 7 heteroatoms. The summed E-state index contributed by atoms with van der Waals surface area (Å²) in [7, 11) is 0. The molecule has 0 bridgehead atoms. The number of nitrogens with zero attached hydrogens (tertiary/aromatic N) is 3. The van der Waals surface area contributed by atoms with Gasteiger partial charge in [0.15, 0.2) is 0 Å². The summed E-state index contributed by atoms with van der Waals surface area (Å²) < 4.78 is 5.01. The van der Waals surface area contributed by atoms with Gasteiger partial charge in [0.2, 0.25) is 0 Å². The zero-order valence-corrected chi connectivity index (χ0v) is 14.5. The van der Waals surface area contributed by atoms with Crippen LogP contribution in [-0.2, 0) is 4.74 Å². The van der Waals surface area contributed by atoms with Crippen molar-refractivity contribution in [3.05, 3.63) is 35.8 Å². The minimum absolute atomic E-state index is 0.0437. The maximum atomic E-state index is 12.6. The van der Waals surface area contributed by atoms with E-state index in [-0.39, 0.29) is 18.0 Å². The lowest BCUT2D eigenvalue weighted by molar-refractivity contribution is 0.0859. The molecule has 2 amide bonds. The van der Waals surface area contributed by atoms with E-state index in [1.54, 1.807) is 24.2 Å². The van der Waals surface area contributed by atoms with Crippen molar-refractivity contribution >= 4 is 22.9 Å². The van der Waals surface area contributed by atoms with Crippen LogP contribution in [0, 0.1) is 6.92 Å². The Bertz CT molecular complexity index is 785. The highest BCUT2D eigenvalue weighted by molar-refractivity contribution is 5.98. The molecular formula is C18H22N4O3. The SMILES string of the molecule is CCOC(=O)N1CCC(NC(=O)c2cc3cnccc3nc2C)CC1. The summed E-state index contributed by atoms with van der Waals surface area (Å²) in [6, 6.07) is 3.70. The van der Waals surface area contributed by atoms with Crippen molar-refractivity contribution in [1.82, 2.24) is 20.2 Å². The molecule has 25 heavy (non-hydrogen) atoms. The van der Waals surface area contributed by atoms with Gasteiger partial charge in [-0.1, -0.05) is 0 Å². The second-order valence-corrected chi connectivity index (χ2v) is 6.12. The summed E-state index contributed by atoms with van der Waals surface area (Å²) >= 11 is 0. The zero-order valence-electron chi connectivity index (χ0n) is 14.5. The van der Waals surface area contributed by atoms with Crippen LogP contribution in [0.5, 0.6) is 0 Å². The first-order valence-electron chi connectivity index (χ1n) is 8.52. The van der Waals surface area contributed by atoms with Crippen LogP contribution < -0.4 is 5.32 Å². The van der Waals surface area contributed by atoms with Gasteiger partial charge in [0.05, 0.1) is 23.4 Å². The highest BCUT2D eigenvalue weighted by Crippen LogP contribution is 2.17. The average molecular weight is 342 g/mol. The quantitative estimate of drug-likeness (QED) is 0.925. The van der Waals surface area contributed by atoms with Crippen molar-refractivity contribution < 1.29 is 14.3 Å². The molecule has 1 aliphatic heterocycles. The Balaban J connectivity index is 1.63. The number of aryl methyl sites for hydroxylation is 1. The molecule has 1 saturated heterocycles. The van der Waals surface area contributed by atoms with E-state index in [0.717, 1.165) is 10.9 Å². The molecule has 7 nitrogen and oxygen atoms in total. The summed E-state index contributed by atoms with van der Waals surface area (Å²) in [6.07, 6.45) is 4.54.